The van der Waals surface area contributed by atoms with Crippen molar-refractivity contribution >= 4 is 11.8 Å². The van der Waals surface area contributed by atoms with Gasteiger partial charge in [-0.05, 0) is 24.1 Å². The first-order chi connectivity index (χ1) is 12.1. The first-order valence-electron chi connectivity index (χ1n) is 8.07. The number of rotatable bonds is 4. The quantitative estimate of drug-likeness (QED) is 0.924. The van der Waals surface area contributed by atoms with Gasteiger partial charge in [-0.2, -0.15) is 0 Å². The van der Waals surface area contributed by atoms with Crippen LogP contribution in [-0.2, 0) is 11.2 Å². The van der Waals surface area contributed by atoms with Crippen LogP contribution in [0.2, 0.25) is 0 Å². The number of benzene rings is 1. The maximum Gasteiger partial charge on any atom is 0.295 e. The lowest BCUT2D eigenvalue weighted by atomic mass is 10.0. The molecule has 25 heavy (non-hydrogen) atoms. The molecule has 0 bridgehead atoms. The van der Waals surface area contributed by atoms with Gasteiger partial charge in [-0.1, -0.05) is 30.3 Å². The second-order valence-electron chi connectivity index (χ2n) is 5.85. The van der Waals surface area contributed by atoms with Crippen LogP contribution in [0, 0.1) is 0 Å². The summed E-state index contributed by atoms with van der Waals surface area (Å²) in [6.07, 6.45) is -1.85. The fourth-order valence-electron chi connectivity index (χ4n) is 2.89. The topological polar surface area (TPSA) is 62.6 Å². The fourth-order valence-corrected chi connectivity index (χ4v) is 2.89. The molecule has 0 spiro atoms. The molecular weight excluding hydrogens is 330 g/mol. The molecule has 3 rings (SSSR count). The van der Waals surface area contributed by atoms with Crippen LogP contribution in [-0.4, -0.2) is 35.8 Å². The second-order valence-corrected chi connectivity index (χ2v) is 5.85. The average Bonchev–Trinajstić information content (AvgIpc) is 3.04. The maximum absolute atomic E-state index is 12.7. The first kappa shape index (κ1) is 17.1. The molecule has 1 saturated heterocycles. The number of hydrogen-bond donors (Lipinski definition) is 1. The van der Waals surface area contributed by atoms with E-state index in [1.807, 2.05) is 30.3 Å². The number of hydrogen-bond acceptors (Lipinski definition) is 3. The van der Waals surface area contributed by atoms with E-state index in [4.69, 9.17) is 4.42 Å². The minimum absolute atomic E-state index is 0.178. The standard InChI is InChI=1S/C18H18F2N2O3/c19-16(20)14-7-8-15(25-14)18(24)22-10-4-9-21-17(23)13(22)11-12-5-2-1-3-6-12/h1-3,5-8,13,16H,4,9-11H2,(H,21,23). The van der Waals surface area contributed by atoms with Crippen molar-refractivity contribution in [3.05, 3.63) is 59.5 Å². The van der Waals surface area contributed by atoms with Gasteiger partial charge in [0.25, 0.3) is 12.3 Å². The van der Waals surface area contributed by atoms with Crippen LogP contribution in [0.25, 0.3) is 0 Å². The van der Waals surface area contributed by atoms with Crippen molar-refractivity contribution in [2.45, 2.75) is 25.3 Å². The molecule has 1 unspecified atom stereocenters. The third-order valence-electron chi connectivity index (χ3n) is 4.14. The molecular formula is C18H18F2N2O3. The van der Waals surface area contributed by atoms with E-state index in [9.17, 15) is 18.4 Å². The largest absolute Gasteiger partial charge is 0.450 e. The van der Waals surface area contributed by atoms with Gasteiger partial charge in [0.05, 0.1) is 0 Å². The van der Waals surface area contributed by atoms with Crippen LogP contribution in [0.5, 0.6) is 0 Å². The molecule has 0 aliphatic carbocycles. The van der Waals surface area contributed by atoms with Crippen molar-refractivity contribution in [2.75, 3.05) is 13.1 Å². The number of amides is 2. The second kappa shape index (κ2) is 7.46. The summed E-state index contributed by atoms with van der Waals surface area (Å²) >= 11 is 0. The summed E-state index contributed by atoms with van der Waals surface area (Å²) in [7, 11) is 0. The Balaban J connectivity index is 1.86. The highest BCUT2D eigenvalue weighted by Crippen LogP contribution is 2.23. The Morgan fingerprint density at radius 1 is 1.24 bits per heavy atom. The number of halogens is 2. The number of nitrogens with one attached hydrogen (secondary N) is 1. The van der Waals surface area contributed by atoms with Crippen LogP contribution < -0.4 is 5.32 Å². The fraction of sp³-hybridized carbons (Fsp3) is 0.333. The first-order valence-corrected chi connectivity index (χ1v) is 8.07. The van der Waals surface area contributed by atoms with Crippen molar-refractivity contribution in [1.29, 1.82) is 0 Å². The van der Waals surface area contributed by atoms with Crippen LogP contribution in [0.4, 0.5) is 8.78 Å². The Morgan fingerprint density at radius 2 is 2.00 bits per heavy atom. The van der Waals surface area contributed by atoms with Gasteiger partial charge >= 0.3 is 0 Å². The normalized spacial score (nSPS) is 18.1. The highest BCUT2D eigenvalue weighted by molar-refractivity contribution is 5.96. The van der Waals surface area contributed by atoms with Gasteiger partial charge in [-0.25, -0.2) is 8.78 Å². The summed E-state index contributed by atoms with van der Waals surface area (Å²) in [6, 6.07) is 10.9. The molecule has 1 fully saturated rings. The van der Waals surface area contributed by atoms with Crippen molar-refractivity contribution in [1.82, 2.24) is 10.2 Å². The summed E-state index contributed by atoms with van der Waals surface area (Å²) in [5.41, 5.74) is 0.912. The Morgan fingerprint density at radius 3 is 2.68 bits per heavy atom. The zero-order valence-corrected chi connectivity index (χ0v) is 13.5. The van der Waals surface area contributed by atoms with Gasteiger partial charge in [0.1, 0.15) is 6.04 Å². The molecule has 1 aliphatic rings. The van der Waals surface area contributed by atoms with E-state index in [1.54, 1.807) is 0 Å². The van der Waals surface area contributed by atoms with E-state index in [1.165, 1.54) is 11.0 Å². The smallest absolute Gasteiger partial charge is 0.295 e. The SMILES string of the molecule is O=C1NCCCN(C(=O)c2ccc(C(F)F)o2)C1Cc1ccccc1. The summed E-state index contributed by atoms with van der Waals surface area (Å²) in [6.45, 7) is 0.814. The van der Waals surface area contributed by atoms with E-state index in [0.29, 0.717) is 25.9 Å². The van der Waals surface area contributed by atoms with Crippen LogP contribution in [0.15, 0.2) is 46.9 Å². The zero-order chi connectivity index (χ0) is 17.8. The third kappa shape index (κ3) is 3.87. The minimum Gasteiger partial charge on any atom is -0.450 e. The summed E-state index contributed by atoms with van der Waals surface area (Å²) in [5, 5.41) is 2.79. The molecule has 2 heterocycles. The molecule has 0 saturated carbocycles. The van der Waals surface area contributed by atoms with Crippen LogP contribution >= 0.6 is 0 Å². The number of carbonyl (C=O) groups excluding carboxylic acids is 2. The molecule has 1 N–H and O–H groups in total. The Hall–Kier alpha value is -2.70. The number of alkyl halides is 2. The average molecular weight is 348 g/mol. The Labute approximate surface area is 143 Å². The van der Waals surface area contributed by atoms with Crippen molar-refractivity contribution < 1.29 is 22.8 Å². The predicted molar refractivity (Wildman–Crippen MR) is 86.3 cm³/mol. The Bertz CT molecular complexity index is 746. The lowest BCUT2D eigenvalue weighted by Crippen LogP contribution is -2.48. The van der Waals surface area contributed by atoms with Gasteiger partial charge < -0.3 is 14.6 Å². The van der Waals surface area contributed by atoms with E-state index in [-0.39, 0.29) is 11.7 Å². The van der Waals surface area contributed by atoms with Crippen molar-refractivity contribution in [3.63, 3.8) is 0 Å². The number of nitrogens with zero attached hydrogens (tertiary/aromatic N) is 1. The molecule has 1 aliphatic heterocycles. The zero-order valence-electron chi connectivity index (χ0n) is 13.5. The molecule has 7 heteroatoms. The van der Waals surface area contributed by atoms with Gasteiger partial charge in [0.2, 0.25) is 5.91 Å². The molecule has 5 nitrogen and oxygen atoms in total. The van der Waals surface area contributed by atoms with Crippen molar-refractivity contribution in [2.24, 2.45) is 0 Å². The van der Waals surface area contributed by atoms with Gasteiger partial charge in [-0.3, -0.25) is 9.59 Å². The molecule has 1 atom stereocenters. The van der Waals surface area contributed by atoms with E-state index in [0.717, 1.165) is 11.6 Å². The van der Waals surface area contributed by atoms with E-state index in [2.05, 4.69) is 5.32 Å². The summed E-state index contributed by atoms with van der Waals surface area (Å²) in [4.78, 5) is 26.6. The van der Waals surface area contributed by atoms with Gasteiger partial charge in [-0.15, -0.1) is 0 Å². The Kier molecular flexibility index (Phi) is 5.11. The lowest BCUT2D eigenvalue weighted by Gasteiger charge is -2.27. The molecule has 2 aromatic rings. The molecule has 132 valence electrons. The highest BCUT2D eigenvalue weighted by Gasteiger charge is 2.33. The van der Waals surface area contributed by atoms with Crippen molar-refractivity contribution in [3.8, 4) is 0 Å². The number of carbonyl (C=O) groups is 2. The molecule has 2 amide bonds. The lowest BCUT2D eigenvalue weighted by molar-refractivity contribution is -0.124. The van der Waals surface area contributed by atoms with E-state index < -0.39 is 24.1 Å². The molecule has 0 radical (unpaired) electrons. The summed E-state index contributed by atoms with van der Waals surface area (Å²) in [5.74, 6) is -1.54. The highest BCUT2D eigenvalue weighted by atomic mass is 19.3. The third-order valence-corrected chi connectivity index (χ3v) is 4.14. The van der Waals surface area contributed by atoms with E-state index >= 15 is 0 Å². The van der Waals surface area contributed by atoms with Gasteiger partial charge in [0.15, 0.2) is 11.5 Å². The van der Waals surface area contributed by atoms with Crippen LogP contribution in [0.3, 0.4) is 0 Å². The summed E-state index contributed by atoms with van der Waals surface area (Å²) < 4.78 is 30.4. The minimum atomic E-state index is -2.78. The number of furan rings is 1. The van der Waals surface area contributed by atoms with Crippen LogP contribution in [0.1, 0.15) is 34.7 Å². The predicted octanol–water partition coefficient (Wildman–Crippen LogP) is 2.79. The molecule has 1 aromatic heterocycles. The monoisotopic (exact) mass is 348 g/mol. The maximum atomic E-state index is 12.7. The molecule has 1 aromatic carbocycles. The van der Waals surface area contributed by atoms with Gasteiger partial charge in [0, 0.05) is 19.5 Å².